The van der Waals surface area contributed by atoms with Crippen molar-refractivity contribution in [2.75, 3.05) is 6.61 Å². The maximum atomic E-state index is 11.6. The molecule has 0 aliphatic carbocycles. The largest absolute Gasteiger partial charge is 0.367 e. The second kappa shape index (κ2) is 3.34. The van der Waals surface area contributed by atoms with E-state index in [-0.39, 0.29) is 0 Å². The summed E-state index contributed by atoms with van der Waals surface area (Å²) in [7, 11) is 0. The number of hydrogen-bond donors (Lipinski definition) is 2. The van der Waals surface area contributed by atoms with Gasteiger partial charge in [0.2, 0.25) is 0 Å². The number of hydrogen-bond acceptors (Lipinski definition) is 2. The predicted octanol–water partition coefficient (Wildman–Crippen LogP) is 1.44. The van der Waals surface area contributed by atoms with Crippen molar-refractivity contribution in [1.29, 1.82) is 0 Å². The second-order valence-electron chi connectivity index (χ2n) is 4.52. The molecule has 1 unspecified atom stereocenters. The van der Waals surface area contributed by atoms with Crippen LogP contribution in [0.3, 0.4) is 0 Å². The molecule has 0 saturated heterocycles. The normalized spacial score (nSPS) is 23.6. The van der Waals surface area contributed by atoms with Crippen LogP contribution in [0.5, 0.6) is 0 Å². The molecule has 0 saturated carbocycles. The number of fused-ring (bicyclic) bond motifs is 3. The summed E-state index contributed by atoms with van der Waals surface area (Å²) in [5, 5.41) is 1.15. The van der Waals surface area contributed by atoms with Crippen LogP contribution in [0.1, 0.15) is 18.2 Å². The second-order valence-corrected chi connectivity index (χ2v) is 4.52. The minimum absolute atomic E-state index is 0.454. The number of amides is 1. The van der Waals surface area contributed by atoms with Crippen LogP contribution in [0.4, 0.5) is 0 Å². The van der Waals surface area contributed by atoms with Crippen LogP contribution in [0.25, 0.3) is 10.9 Å². The van der Waals surface area contributed by atoms with Gasteiger partial charge >= 0.3 is 0 Å². The zero-order valence-electron chi connectivity index (χ0n) is 9.62. The number of benzene rings is 1. The molecule has 4 heteroatoms. The van der Waals surface area contributed by atoms with Gasteiger partial charge in [0.05, 0.1) is 12.3 Å². The minimum Gasteiger partial charge on any atom is -0.367 e. The summed E-state index contributed by atoms with van der Waals surface area (Å²) < 4.78 is 5.58. The topological polar surface area (TPSA) is 68.1 Å². The number of carbonyl (C=O) groups is 1. The highest BCUT2D eigenvalue weighted by Gasteiger charge is 2.41. The summed E-state index contributed by atoms with van der Waals surface area (Å²) in [6.45, 7) is 2.25. The van der Waals surface area contributed by atoms with Gasteiger partial charge in [-0.15, -0.1) is 0 Å². The number of nitrogens with two attached hydrogens (primary N) is 1. The van der Waals surface area contributed by atoms with Gasteiger partial charge in [-0.05, 0) is 25.0 Å². The van der Waals surface area contributed by atoms with Gasteiger partial charge in [0.1, 0.15) is 0 Å². The first-order chi connectivity index (χ1) is 8.13. The van der Waals surface area contributed by atoms with Crippen molar-refractivity contribution >= 4 is 16.8 Å². The third-order valence-corrected chi connectivity index (χ3v) is 3.50. The fraction of sp³-hybridized carbons (Fsp3) is 0.308. The summed E-state index contributed by atoms with van der Waals surface area (Å²) in [4.78, 5) is 14.9. The molecule has 3 rings (SSSR count). The van der Waals surface area contributed by atoms with Crippen molar-refractivity contribution < 1.29 is 9.53 Å². The molecule has 1 atom stereocenters. The molecule has 2 heterocycles. The van der Waals surface area contributed by atoms with Crippen molar-refractivity contribution in [3.63, 3.8) is 0 Å². The van der Waals surface area contributed by atoms with E-state index in [1.54, 1.807) is 6.92 Å². The number of aromatic nitrogens is 1. The quantitative estimate of drug-likeness (QED) is 0.778. The van der Waals surface area contributed by atoms with Crippen molar-refractivity contribution in [1.82, 2.24) is 4.98 Å². The van der Waals surface area contributed by atoms with Crippen LogP contribution in [0.2, 0.25) is 0 Å². The number of nitrogens with one attached hydrogen (secondary N) is 1. The Bertz CT molecular complexity index is 602. The average Bonchev–Trinajstić information content (AvgIpc) is 2.70. The Hall–Kier alpha value is -1.81. The summed E-state index contributed by atoms with van der Waals surface area (Å²) in [6.07, 6.45) is 0.808. The smallest absolute Gasteiger partial charge is 0.255 e. The standard InChI is InChI=1S/C13H14N2O2/c1-13(12(14)16)11-9(6-7-17-13)8-4-2-3-5-10(8)15-11/h2-5,15H,6-7H2,1H3,(H2,14,16). The van der Waals surface area contributed by atoms with Crippen LogP contribution >= 0.6 is 0 Å². The van der Waals surface area contributed by atoms with Gasteiger partial charge in [-0.25, -0.2) is 0 Å². The fourth-order valence-corrected chi connectivity index (χ4v) is 2.49. The Labute approximate surface area is 98.8 Å². The molecule has 1 aliphatic heterocycles. The zero-order valence-corrected chi connectivity index (χ0v) is 9.62. The molecule has 0 spiro atoms. The van der Waals surface area contributed by atoms with Gasteiger partial charge in [-0.3, -0.25) is 4.79 Å². The third kappa shape index (κ3) is 1.31. The van der Waals surface area contributed by atoms with E-state index >= 15 is 0 Å². The molecule has 88 valence electrons. The molecular weight excluding hydrogens is 216 g/mol. The summed E-state index contributed by atoms with van der Waals surface area (Å²) in [5.41, 5.74) is 7.39. The molecule has 4 nitrogen and oxygen atoms in total. The van der Waals surface area contributed by atoms with Crippen LogP contribution in [0.15, 0.2) is 24.3 Å². The first-order valence-electron chi connectivity index (χ1n) is 5.67. The fourth-order valence-electron chi connectivity index (χ4n) is 2.49. The zero-order chi connectivity index (χ0) is 12.0. The highest BCUT2D eigenvalue weighted by molar-refractivity contribution is 5.91. The molecule has 2 aromatic rings. The maximum Gasteiger partial charge on any atom is 0.255 e. The Morgan fingerprint density at radius 1 is 1.47 bits per heavy atom. The number of H-pyrrole nitrogens is 1. The van der Waals surface area contributed by atoms with Gasteiger partial charge < -0.3 is 15.5 Å². The first kappa shape index (κ1) is 10.4. The molecule has 3 N–H and O–H groups in total. The van der Waals surface area contributed by atoms with E-state index in [4.69, 9.17) is 10.5 Å². The van der Waals surface area contributed by atoms with Crippen LogP contribution < -0.4 is 5.73 Å². The Kier molecular flexibility index (Phi) is 2.03. The number of para-hydroxylation sites is 1. The van der Waals surface area contributed by atoms with E-state index in [0.29, 0.717) is 6.61 Å². The van der Waals surface area contributed by atoms with E-state index in [1.807, 2.05) is 18.2 Å². The van der Waals surface area contributed by atoms with Crippen molar-refractivity contribution in [2.45, 2.75) is 18.9 Å². The van der Waals surface area contributed by atoms with Gasteiger partial charge in [0.25, 0.3) is 5.91 Å². The van der Waals surface area contributed by atoms with Crippen molar-refractivity contribution in [3.8, 4) is 0 Å². The Balaban J connectivity index is 2.31. The number of ether oxygens (including phenoxy) is 1. The van der Waals surface area contributed by atoms with Gasteiger partial charge in [-0.2, -0.15) is 0 Å². The lowest BCUT2D eigenvalue weighted by molar-refractivity contribution is -0.145. The molecule has 0 fully saturated rings. The Morgan fingerprint density at radius 3 is 3.00 bits per heavy atom. The highest BCUT2D eigenvalue weighted by atomic mass is 16.5. The molecule has 1 aromatic heterocycles. The van der Waals surface area contributed by atoms with Gasteiger partial charge in [-0.1, -0.05) is 18.2 Å². The van der Waals surface area contributed by atoms with Gasteiger partial charge in [0.15, 0.2) is 5.60 Å². The monoisotopic (exact) mass is 230 g/mol. The molecule has 1 aliphatic rings. The molecule has 17 heavy (non-hydrogen) atoms. The first-order valence-corrected chi connectivity index (χ1v) is 5.67. The van der Waals surface area contributed by atoms with Crippen molar-refractivity contribution in [2.24, 2.45) is 5.73 Å². The SMILES string of the molecule is CC1(C(N)=O)OCCc2c1[nH]c1ccccc21. The predicted molar refractivity (Wildman–Crippen MR) is 64.5 cm³/mol. The number of aromatic amines is 1. The van der Waals surface area contributed by atoms with E-state index in [0.717, 1.165) is 28.6 Å². The van der Waals surface area contributed by atoms with E-state index in [9.17, 15) is 4.79 Å². The Morgan fingerprint density at radius 2 is 2.24 bits per heavy atom. The van der Waals surface area contributed by atoms with E-state index in [2.05, 4.69) is 11.1 Å². The maximum absolute atomic E-state index is 11.6. The molecular formula is C13H14N2O2. The summed E-state index contributed by atoms with van der Waals surface area (Å²) >= 11 is 0. The van der Waals surface area contributed by atoms with Crippen LogP contribution in [0, 0.1) is 0 Å². The van der Waals surface area contributed by atoms with E-state index in [1.165, 1.54) is 0 Å². The highest BCUT2D eigenvalue weighted by Crippen LogP contribution is 2.36. The number of carbonyl (C=O) groups excluding carboxylic acids is 1. The van der Waals surface area contributed by atoms with Crippen LogP contribution in [-0.4, -0.2) is 17.5 Å². The molecule has 1 amide bonds. The van der Waals surface area contributed by atoms with Gasteiger partial charge in [0, 0.05) is 10.9 Å². The summed E-state index contributed by atoms with van der Waals surface area (Å²) in [5.74, 6) is -0.454. The van der Waals surface area contributed by atoms with Crippen molar-refractivity contribution in [3.05, 3.63) is 35.5 Å². The van der Waals surface area contributed by atoms with E-state index < -0.39 is 11.5 Å². The number of rotatable bonds is 1. The third-order valence-electron chi connectivity index (χ3n) is 3.50. The minimum atomic E-state index is -1.04. The average molecular weight is 230 g/mol. The molecule has 1 aromatic carbocycles. The lowest BCUT2D eigenvalue weighted by Gasteiger charge is -2.30. The summed E-state index contributed by atoms with van der Waals surface area (Å²) in [6, 6.07) is 8.01. The molecule has 0 bridgehead atoms. The lowest BCUT2D eigenvalue weighted by Crippen LogP contribution is -2.44. The molecule has 0 radical (unpaired) electrons. The number of primary amides is 1. The lowest BCUT2D eigenvalue weighted by atomic mass is 9.92. The van der Waals surface area contributed by atoms with Crippen LogP contribution in [-0.2, 0) is 21.6 Å².